The Kier molecular flexibility index (Phi) is 4.17. The van der Waals surface area contributed by atoms with E-state index in [1.807, 2.05) is 24.3 Å². The Labute approximate surface area is 136 Å². The van der Waals surface area contributed by atoms with Gasteiger partial charge in [-0.05, 0) is 35.0 Å². The number of aromatic hydroxyl groups is 1. The molecule has 0 bridgehead atoms. The number of benzene rings is 3. The first-order valence-electron chi connectivity index (χ1n) is 6.88. The Morgan fingerprint density at radius 3 is 2.48 bits per heavy atom. The number of fused-ring (bicyclic) bond motifs is 1. The van der Waals surface area contributed by atoms with Crippen molar-refractivity contribution in [3.63, 3.8) is 0 Å². The summed E-state index contributed by atoms with van der Waals surface area (Å²) in [5.41, 5.74) is 0.124. The zero-order valence-corrected chi connectivity index (χ0v) is 12.7. The summed E-state index contributed by atoms with van der Waals surface area (Å²) >= 11 is 5.89. The van der Waals surface area contributed by atoms with Crippen LogP contribution in [0.3, 0.4) is 0 Å². The van der Waals surface area contributed by atoms with Gasteiger partial charge in [-0.3, -0.25) is 0 Å². The third-order valence-electron chi connectivity index (χ3n) is 3.49. The molecule has 0 aromatic heterocycles. The molecule has 0 aliphatic heterocycles. The number of carbonyl (C=O) groups is 1. The van der Waals surface area contributed by atoms with Crippen molar-refractivity contribution in [2.24, 2.45) is 0 Å². The number of phenols is 1. The molecule has 3 nitrogen and oxygen atoms in total. The maximum atomic E-state index is 13.7. The van der Waals surface area contributed by atoms with Crippen LogP contribution in [0.2, 0.25) is 5.02 Å². The average Bonchev–Trinajstić information content (AvgIpc) is 2.53. The Hall–Kier alpha value is -2.59. The van der Waals surface area contributed by atoms with Crippen LogP contribution in [0.5, 0.6) is 5.75 Å². The van der Waals surface area contributed by atoms with Gasteiger partial charge < -0.3 is 9.84 Å². The highest BCUT2D eigenvalue weighted by atomic mass is 35.5. The molecule has 0 unspecified atom stereocenters. The summed E-state index contributed by atoms with van der Waals surface area (Å²) in [6.45, 7) is -0.309. The van der Waals surface area contributed by atoms with Gasteiger partial charge >= 0.3 is 5.97 Å². The van der Waals surface area contributed by atoms with E-state index >= 15 is 0 Å². The summed E-state index contributed by atoms with van der Waals surface area (Å²) in [7, 11) is 0. The third kappa shape index (κ3) is 3.12. The van der Waals surface area contributed by atoms with Crippen LogP contribution in [0.1, 0.15) is 15.9 Å². The largest absolute Gasteiger partial charge is 0.507 e. The van der Waals surface area contributed by atoms with E-state index < -0.39 is 11.8 Å². The zero-order chi connectivity index (χ0) is 16.4. The second-order valence-corrected chi connectivity index (χ2v) is 5.40. The van der Waals surface area contributed by atoms with Crippen molar-refractivity contribution in [1.82, 2.24) is 0 Å². The predicted octanol–water partition coefficient (Wildman–Crippen LogP) is 4.69. The van der Waals surface area contributed by atoms with E-state index in [0.29, 0.717) is 0 Å². The number of phenolic OH excluding ortho intramolecular Hbond substituents is 1. The van der Waals surface area contributed by atoms with E-state index in [1.54, 1.807) is 0 Å². The van der Waals surface area contributed by atoms with E-state index in [0.717, 1.165) is 10.8 Å². The zero-order valence-electron chi connectivity index (χ0n) is 11.9. The number of esters is 1. The third-order valence-corrected chi connectivity index (χ3v) is 3.85. The standard InChI is InChI=1S/C18H12ClFO3/c19-15-6-3-7-16(20)14(15)10-23-18(22)13-8-11-4-1-2-5-12(11)9-17(13)21/h1-9,21H,10H2. The molecule has 0 saturated heterocycles. The lowest BCUT2D eigenvalue weighted by Gasteiger charge is -2.09. The molecule has 0 fully saturated rings. The van der Waals surface area contributed by atoms with Gasteiger partial charge in [0.15, 0.2) is 0 Å². The van der Waals surface area contributed by atoms with Gasteiger partial charge in [-0.15, -0.1) is 0 Å². The minimum atomic E-state index is -0.743. The molecule has 0 saturated carbocycles. The van der Waals surface area contributed by atoms with E-state index in [1.165, 1.54) is 30.3 Å². The van der Waals surface area contributed by atoms with E-state index in [2.05, 4.69) is 0 Å². The van der Waals surface area contributed by atoms with Gasteiger partial charge in [0.1, 0.15) is 23.7 Å². The first-order valence-corrected chi connectivity index (χ1v) is 7.26. The fourth-order valence-corrected chi connectivity index (χ4v) is 2.50. The number of rotatable bonds is 3. The van der Waals surface area contributed by atoms with E-state index in [9.17, 15) is 14.3 Å². The van der Waals surface area contributed by atoms with Crippen molar-refractivity contribution in [1.29, 1.82) is 0 Å². The number of carbonyl (C=O) groups excluding carboxylic acids is 1. The van der Waals surface area contributed by atoms with Crippen LogP contribution < -0.4 is 0 Å². The normalized spacial score (nSPS) is 10.7. The number of hydrogen-bond donors (Lipinski definition) is 1. The van der Waals surface area contributed by atoms with Gasteiger partial charge in [-0.25, -0.2) is 9.18 Å². The summed E-state index contributed by atoms with van der Waals surface area (Å²) in [5, 5.41) is 11.8. The van der Waals surface area contributed by atoms with Crippen molar-refractivity contribution in [3.05, 3.63) is 76.6 Å². The quantitative estimate of drug-likeness (QED) is 0.708. The first-order chi connectivity index (χ1) is 11.1. The SMILES string of the molecule is O=C(OCc1c(F)cccc1Cl)c1cc2ccccc2cc1O. The highest BCUT2D eigenvalue weighted by Crippen LogP contribution is 2.26. The molecule has 0 radical (unpaired) electrons. The van der Waals surface area contributed by atoms with Crippen LogP contribution in [0.25, 0.3) is 10.8 Å². The molecule has 3 aromatic carbocycles. The molecule has 5 heteroatoms. The monoisotopic (exact) mass is 330 g/mol. The van der Waals surface area contributed by atoms with Gasteiger partial charge in [-0.2, -0.15) is 0 Å². The molecule has 116 valence electrons. The molecule has 0 atom stereocenters. The number of halogens is 2. The molecule has 1 N–H and O–H groups in total. The van der Waals surface area contributed by atoms with Crippen LogP contribution in [0.4, 0.5) is 4.39 Å². The molecular formula is C18H12ClFO3. The molecule has 3 aromatic rings. The van der Waals surface area contributed by atoms with Gasteiger partial charge in [0.05, 0.1) is 5.02 Å². The molecule has 3 rings (SSSR count). The van der Waals surface area contributed by atoms with Crippen molar-refractivity contribution in [2.45, 2.75) is 6.61 Å². The smallest absolute Gasteiger partial charge is 0.342 e. The summed E-state index contributed by atoms with van der Waals surface area (Å²) < 4.78 is 18.7. The van der Waals surface area contributed by atoms with Crippen molar-refractivity contribution in [2.75, 3.05) is 0 Å². The van der Waals surface area contributed by atoms with Gasteiger partial charge in [0.2, 0.25) is 0 Å². The molecule has 0 aliphatic rings. The Bertz CT molecular complexity index is 872. The van der Waals surface area contributed by atoms with Crippen LogP contribution in [-0.2, 0) is 11.3 Å². The minimum absolute atomic E-state index is 0.0242. The van der Waals surface area contributed by atoms with Crippen LogP contribution >= 0.6 is 11.6 Å². The summed E-state index contributed by atoms with van der Waals surface area (Å²) in [6, 6.07) is 14.6. The Balaban J connectivity index is 1.85. The summed E-state index contributed by atoms with van der Waals surface area (Å²) in [6.07, 6.45) is 0. The molecule has 0 spiro atoms. The van der Waals surface area contributed by atoms with Crippen molar-refractivity contribution in [3.8, 4) is 5.75 Å². The highest BCUT2D eigenvalue weighted by Gasteiger charge is 2.16. The Morgan fingerprint density at radius 2 is 1.78 bits per heavy atom. The highest BCUT2D eigenvalue weighted by molar-refractivity contribution is 6.31. The summed E-state index contributed by atoms with van der Waals surface area (Å²) in [5.74, 6) is -1.48. The van der Waals surface area contributed by atoms with Crippen molar-refractivity contribution >= 4 is 28.3 Å². The van der Waals surface area contributed by atoms with Gasteiger partial charge in [0, 0.05) is 5.56 Å². The molecule has 0 aliphatic carbocycles. The van der Waals surface area contributed by atoms with Crippen molar-refractivity contribution < 1.29 is 19.0 Å². The lowest BCUT2D eigenvalue weighted by molar-refractivity contribution is 0.0466. The second-order valence-electron chi connectivity index (χ2n) is 4.99. The minimum Gasteiger partial charge on any atom is -0.507 e. The van der Waals surface area contributed by atoms with Crippen LogP contribution in [0.15, 0.2) is 54.6 Å². The first kappa shape index (κ1) is 15.3. The lowest BCUT2D eigenvalue weighted by atomic mass is 10.1. The maximum Gasteiger partial charge on any atom is 0.342 e. The van der Waals surface area contributed by atoms with Gasteiger partial charge in [0.25, 0.3) is 0 Å². The fourth-order valence-electron chi connectivity index (χ4n) is 2.28. The average molecular weight is 331 g/mol. The summed E-state index contributed by atoms with van der Waals surface area (Å²) in [4.78, 5) is 12.2. The molecule has 0 amide bonds. The second kappa shape index (κ2) is 6.26. The number of hydrogen-bond acceptors (Lipinski definition) is 3. The van der Waals surface area contributed by atoms with Gasteiger partial charge in [-0.1, -0.05) is 41.9 Å². The van der Waals surface area contributed by atoms with Crippen LogP contribution in [-0.4, -0.2) is 11.1 Å². The van der Waals surface area contributed by atoms with E-state index in [-0.39, 0.29) is 28.5 Å². The predicted molar refractivity (Wildman–Crippen MR) is 86.1 cm³/mol. The molecule has 0 heterocycles. The molecule has 23 heavy (non-hydrogen) atoms. The number of ether oxygens (including phenoxy) is 1. The fraction of sp³-hybridized carbons (Fsp3) is 0.0556. The topological polar surface area (TPSA) is 46.5 Å². The lowest BCUT2D eigenvalue weighted by Crippen LogP contribution is -2.07. The van der Waals surface area contributed by atoms with Crippen LogP contribution in [0, 0.1) is 5.82 Å². The van der Waals surface area contributed by atoms with E-state index in [4.69, 9.17) is 16.3 Å². The maximum absolute atomic E-state index is 13.7. The molecular weight excluding hydrogens is 319 g/mol. The Morgan fingerprint density at radius 1 is 1.09 bits per heavy atom.